The summed E-state index contributed by atoms with van der Waals surface area (Å²) >= 11 is 0. The highest BCUT2D eigenvalue weighted by Crippen LogP contribution is 2.18. The maximum atomic E-state index is 11.5. The Hall–Kier alpha value is -2.56. The van der Waals surface area contributed by atoms with Crippen LogP contribution >= 0.6 is 0 Å². The summed E-state index contributed by atoms with van der Waals surface area (Å²) in [6.45, 7) is 6.07. The second kappa shape index (κ2) is 7.81. The first-order valence-corrected chi connectivity index (χ1v) is 7.95. The molecule has 0 spiro atoms. The fourth-order valence-corrected chi connectivity index (χ4v) is 2.13. The first kappa shape index (κ1) is 17.8. The van der Waals surface area contributed by atoms with Gasteiger partial charge in [0.25, 0.3) is 0 Å². The van der Waals surface area contributed by atoms with E-state index in [4.69, 9.17) is 9.47 Å². The predicted molar refractivity (Wildman–Crippen MR) is 96.2 cm³/mol. The minimum absolute atomic E-state index is 0.387. The van der Waals surface area contributed by atoms with E-state index in [0.717, 1.165) is 22.9 Å². The Morgan fingerprint density at radius 1 is 1.25 bits per heavy atom. The number of amides is 1. The number of fused-ring (bicyclic) bond motifs is 1. The lowest BCUT2D eigenvalue weighted by atomic mass is 10.1. The van der Waals surface area contributed by atoms with Crippen LogP contribution in [0.15, 0.2) is 36.4 Å². The molecule has 2 aromatic rings. The number of rotatable bonds is 5. The molecule has 0 aliphatic heterocycles. The average Bonchev–Trinajstić information content (AvgIpc) is 2.52. The molecule has 5 nitrogen and oxygen atoms in total. The van der Waals surface area contributed by atoms with Gasteiger partial charge >= 0.3 is 6.09 Å². The van der Waals surface area contributed by atoms with Gasteiger partial charge in [0.05, 0.1) is 12.6 Å². The van der Waals surface area contributed by atoms with Gasteiger partial charge in [-0.15, -0.1) is 0 Å². The minimum Gasteiger partial charge on any atom is -0.481 e. The van der Waals surface area contributed by atoms with Gasteiger partial charge in [-0.1, -0.05) is 18.2 Å². The van der Waals surface area contributed by atoms with Crippen molar-refractivity contribution in [1.29, 1.82) is 0 Å². The Morgan fingerprint density at radius 2 is 2.04 bits per heavy atom. The van der Waals surface area contributed by atoms with Crippen molar-refractivity contribution in [2.24, 2.45) is 0 Å². The number of carbonyl (C=O) groups is 1. The number of nitrogens with zero attached hydrogens (tertiary/aromatic N) is 1. The van der Waals surface area contributed by atoms with Crippen molar-refractivity contribution in [3.63, 3.8) is 0 Å². The van der Waals surface area contributed by atoms with Crippen LogP contribution in [0.5, 0.6) is 5.88 Å². The number of aromatic nitrogens is 1. The van der Waals surface area contributed by atoms with Crippen molar-refractivity contribution in [3.8, 4) is 5.88 Å². The van der Waals surface area contributed by atoms with Gasteiger partial charge in [0.15, 0.2) is 0 Å². The van der Waals surface area contributed by atoms with Crippen molar-refractivity contribution >= 4 is 23.1 Å². The lowest BCUT2D eigenvalue weighted by molar-refractivity contribution is 0.0529. The maximum Gasteiger partial charge on any atom is 0.407 e. The van der Waals surface area contributed by atoms with E-state index < -0.39 is 5.60 Å². The number of carbonyl (C=O) groups excluding carboxylic acids is 1. The lowest BCUT2D eigenvalue weighted by Crippen LogP contribution is -2.32. The highest BCUT2D eigenvalue weighted by Gasteiger charge is 2.15. The highest BCUT2D eigenvalue weighted by atomic mass is 16.6. The SMILES string of the molecule is COc1ccc2cc(C=CCCNC(=O)OC(C)(C)C)ccc2n1. The molecule has 0 radical (unpaired) electrons. The summed E-state index contributed by atoms with van der Waals surface area (Å²) in [5.74, 6) is 0.610. The Morgan fingerprint density at radius 3 is 2.75 bits per heavy atom. The normalized spacial score (nSPS) is 11.7. The number of pyridine rings is 1. The van der Waals surface area contributed by atoms with Crippen LogP contribution in [0.25, 0.3) is 17.0 Å². The number of alkyl carbamates (subject to hydrolysis) is 1. The van der Waals surface area contributed by atoms with Gasteiger partial charge in [-0.25, -0.2) is 9.78 Å². The van der Waals surface area contributed by atoms with E-state index in [1.54, 1.807) is 7.11 Å². The van der Waals surface area contributed by atoms with Crippen molar-refractivity contribution in [2.45, 2.75) is 32.8 Å². The molecular formula is C19H24N2O3. The number of hydrogen-bond donors (Lipinski definition) is 1. The molecule has 1 N–H and O–H groups in total. The largest absolute Gasteiger partial charge is 0.481 e. The average molecular weight is 328 g/mol. The molecule has 0 unspecified atom stereocenters. The summed E-state index contributed by atoms with van der Waals surface area (Å²) in [5.41, 5.74) is 1.52. The van der Waals surface area contributed by atoms with Crippen LogP contribution < -0.4 is 10.1 Å². The molecule has 0 atom stereocenters. The van der Waals surface area contributed by atoms with Crippen LogP contribution in [-0.2, 0) is 4.74 Å². The van der Waals surface area contributed by atoms with Gasteiger partial charge < -0.3 is 14.8 Å². The van der Waals surface area contributed by atoms with Crippen LogP contribution in [0.4, 0.5) is 4.79 Å². The highest BCUT2D eigenvalue weighted by molar-refractivity contribution is 5.81. The molecule has 0 fully saturated rings. The summed E-state index contributed by atoms with van der Waals surface area (Å²) in [4.78, 5) is 15.9. The van der Waals surface area contributed by atoms with Gasteiger partial charge in [-0.3, -0.25) is 0 Å². The Kier molecular flexibility index (Phi) is 5.79. The van der Waals surface area contributed by atoms with Crippen LogP contribution in [0, 0.1) is 0 Å². The van der Waals surface area contributed by atoms with Crippen molar-refractivity contribution in [1.82, 2.24) is 10.3 Å². The predicted octanol–water partition coefficient (Wildman–Crippen LogP) is 4.17. The van der Waals surface area contributed by atoms with Gasteiger partial charge in [0, 0.05) is 18.0 Å². The molecule has 0 aliphatic carbocycles. The molecule has 0 bridgehead atoms. The fourth-order valence-electron chi connectivity index (χ4n) is 2.13. The molecule has 0 aliphatic rings. The molecule has 0 saturated carbocycles. The molecule has 1 amide bonds. The number of benzene rings is 1. The Bertz CT molecular complexity index is 733. The van der Waals surface area contributed by atoms with E-state index >= 15 is 0 Å². The molecule has 2 rings (SSSR count). The van der Waals surface area contributed by atoms with E-state index in [1.165, 1.54) is 0 Å². The van der Waals surface area contributed by atoms with E-state index in [-0.39, 0.29) is 6.09 Å². The topological polar surface area (TPSA) is 60.5 Å². The van der Waals surface area contributed by atoms with Crippen molar-refractivity contribution in [2.75, 3.05) is 13.7 Å². The Balaban J connectivity index is 1.86. The smallest absolute Gasteiger partial charge is 0.407 e. The molecule has 1 aromatic carbocycles. The Labute approximate surface area is 142 Å². The number of methoxy groups -OCH3 is 1. The summed E-state index contributed by atoms with van der Waals surface area (Å²) in [7, 11) is 1.61. The first-order valence-electron chi connectivity index (χ1n) is 7.95. The zero-order valence-electron chi connectivity index (χ0n) is 14.6. The quantitative estimate of drug-likeness (QED) is 0.837. The van der Waals surface area contributed by atoms with Crippen molar-refractivity contribution < 1.29 is 14.3 Å². The van der Waals surface area contributed by atoms with E-state index in [2.05, 4.69) is 16.4 Å². The molecule has 0 saturated heterocycles. The fraction of sp³-hybridized carbons (Fsp3) is 0.368. The van der Waals surface area contributed by atoms with Crippen LogP contribution in [0.2, 0.25) is 0 Å². The third kappa shape index (κ3) is 5.57. The van der Waals surface area contributed by atoms with E-state index in [0.29, 0.717) is 12.4 Å². The minimum atomic E-state index is -0.471. The second-order valence-electron chi connectivity index (χ2n) is 6.43. The second-order valence-corrected chi connectivity index (χ2v) is 6.43. The van der Waals surface area contributed by atoms with Gasteiger partial charge in [-0.2, -0.15) is 0 Å². The van der Waals surface area contributed by atoms with E-state index in [1.807, 2.05) is 57.2 Å². The summed E-state index contributed by atoms with van der Waals surface area (Å²) in [6.07, 6.45) is 4.40. The number of hydrogen-bond acceptors (Lipinski definition) is 4. The monoisotopic (exact) mass is 328 g/mol. The van der Waals surface area contributed by atoms with E-state index in [9.17, 15) is 4.79 Å². The molecule has 1 aromatic heterocycles. The standard InChI is InChI=1S/C19H24N2O3/c1-19(2,3)24-18(22)20-12-6-5-7-14-8-10-16-15(13-14)9-11-17(21-16)23-4/h5,7-11,13H,6,12H2,1-4H3,(H,20,22). The van der Waals surface area contributed by atoms with Crippen LogP contribution in [0.1, 0.15) is 32.8 Å². The zero-order valence-corrected chi connectivity index (χ0v) is 14.6. The van der Waals surface area contributed by atoms with Crippen LogP contribution in [0.3, 0.4) is 0 Å². The third-order valence-electron chi connectivity index (χ3n) is 3.19. The van der Waals surface area contributed by atoms with Crippen LogP contribution in [-0.4, -0.2) is 30.3 Å². The summed E-state index contributed by atoms with van der Waals surface area (Å²) < 4.78 is 10.3. The summed E-state index contributed by atoms with van der Waals surface area (Å²) in [6, 6.07) is 9.88. The number of nitrogens with one attached hydrogen (secondary N) is 1. The maximum absolute atomic E-state index is 11.5. The summed E-state index contributed by atoms with van der Waals surface area (Å²) in [5, 5.41) is 3.79. The molecule has 1 heterocycles. The lowest BCUT2D eigenvalue weighted by Gasteiger charge is -2.19. The zero-order chi connectivity index (χ0) is 17.6. The van der Waals surface area contributed by atoms with Gasteiger partial charge in [0.2, 0.25) is 5.88 Å². The van der Waals surface area contributed by atoms with Crippen molar-refractivity contribution in [3.05, 3.63) is 42.0 Å². The van der Waals surface area contributed by atoms with Gasteiger partial charge in [-0.05, 0) is 51.0 Å². The molecule has 5 heteroatoms. The molecule has 24 heavy (non-hydrogen) atoms. The number of ether oxygens (including phenoxy) is 2. The molecular weight excluding hydrogens is 304 g/mol. The molecule has 128 valence electrons. The third-order valence-corrected chi connectivity index (χ3v) is 3.19. The van der Waals surface area contributed by atoms with Gasteiger partial charge in [0.1, 0.15) is 5.60 Å². The first-order chi connectivity index (χ1) is 11.4.